The molecule has 1 aliphatic heterocycles. The van der Waals surface area contributed by atoms with Crippen molar-refractivity contribution in [1.82, 2.24) is 5.32 Å². The molecule has 1 aromatic carbocycles. The van der Waals surface area contributed by atoms with E-state index in [4.69, 9.17) is 11.6 Å². The van der Waals surface area contributed by atoms with Crippen LogP contribution in [0.1, 0.15) is 37.8 Å². The second-order valence-electron chi connectivity index (χ2n) is 5.61. The molecule has 4 nitrogen and oxygen atoms in total. The molecule has 3 rings (SSSR count). The summed E-state index contributed by atoms with van der Waals surface area (Å²) >= 11 is 6.41. The van der Waals surface area contributed by atoms with E-state index in [1.54, 1.807) is 0 Å². The molecule has 1 atom stereocenters. The molecule has 0 bridgehead atoms. The number of hydrogen-bond acceptors (Lipinski definition) is 3. The van der Waals surface area contributed by atoms with E-state index in [0.29, 0.717) is 6.04 Å². The predicted octanol–water partition coefficient (Wildman–Crippen LogP) is 2.93. The quantitative estimate of drug-likeness (QED) is 0.877. The van der Waals surface area contributed by atoms with Gasteiger partial charge in [0, 0.05) is 24.3 Å². The normalized spacial score (nSPS) is 20.8. The first-order chi connectivity index (χ1) is 9.61. The SMILES string of the molecule is CCCNC1C(=O)Nc2cc(N(C)C3CC3)c(Cl)cc21. The van der Waals surface area contributed by atoms with Crippen LogP contribution in [0.25, 0.3) is 0 Å². The Morgan fingerprint density at radius 2 is 2.20 bits per heavy atom. The van der Waals surface area contributed by atoms with Crippen molar-refractivity contribution in [3.8, 4) is 0 Å². The maximum Gasteiger partial charge on any atom is 0.246 e. The Balaban J connectivity index is 1.90. The molecule has 0 aromatic heterocycles. The Hall–Kier alpha value is -1.26. The van der Waals surface area contributed by atoms with Crippen LogP contribution >= 0.6 is 11.6 Å². The number of amides is 1. The third kappa shape index (κ3) is 2.38. The van der Waals surface area contributed by atoms with Gasteiger partial charge in [-0.3, -0.25) is 4.79 Å². The summed E-state index contributed by atoms with van der Waals surface area (Å²) in [6, 6.07) is 4.25. The minimum absolute atomic E-state index is 0.00995. The van der Waals surface area contributed by atoms with E-state index in [-0.39, 0.29) is 11.9 Å². The lowest BCUT2D eigenvalue weighted by atomic mass is 10.1. The first kappa shape index (κ1) is 13.7. The fraction of sp³-hybridized carbons (Fsp3) is 0.533. The Bertz CT molecular complexity index is 542. The molecule has 0 radical (unpaired) electrons. The average Bonchev–Trinajstić information content (AvgIpc) is 3.21. The molecule has 20 heavy (non-hydrogen) atoms. The highest BCUT2D eigenvalue weighted by Gasteiger charge is 2.33. The Kier molecular flexibility index (Phi) is 3.61. The van der Waals surface area contributed by atoms with Gasteiger partial charge < -0.3 is 15.5 Å². The highest BCUT2D eigenvalue weighted by molar-refractivity contribution is 6.33. The monoisotopic (exact) mass is 293 g/mol. The van der Waals surface area contributed by atoms with E-state index in [1.807, 2.05) is 12.1 Å². The van der Waals surface area contributed by atoms with Crippen LogP contribution in [0.3, 0.4) is 0 Å². The van der Waals surface area contributed by atoms with Gasteiger partial charge in [-0.2, -0.15) is 0 Å². The Morgan fingerprint density at radius 3 is 2.85 bits per heavy atom. The van der Waals surface area contributed by atoms with Crippen molar-refractivity contribution in [3.63, 3.8) is 0 Å². The maximum absolute atomic E-state index is 12.0. The van der Waals surface area contributed by atoms with E-state index in [1.165, 1.54) is 12.8 Å². The van der Waals surface area contributed by atoms with Crippen molar-refractivity contribution in [2.45, 2.75) is 38.3 Å². The molecule has 5 heteroatoms. The van der Waals surface area contributed by atoms with Gasteiger partial charge in [0.25, 0.3) is 0 Å². The van der Waals surface area contributed by atoms with Gasteiger partial charge in [-0.15, -0.1) is 0 Å². The van der Waals surface area contributed by atoms with Crippen LogP contribution in [0.4, 0.5) is 11.4 Å². The van der Waals surface area contributed by atoms with Crippen LogP contribution < -0.4 is 15.5 Å². The van der Waals surface area contributed by atoms with Crippen molar-refractivity contribution in [1.29, 1.82) is 0 Å². The van der Waals surface area contributed by atoms with Gasteiger partial charge in [-0.1, -0.05) is 18.5 Å². The average molecular weight is 294 g/mol. The Labute approximate surface area is 124 Å². The fourth-order valence-corrected chi connectivity index (χ4v) is 3.00. The maximum atomic E-state index is 12.0. The molecule has 0 saturated heterocycles. The number of nitrogens with one attached hydrogen (secondary N) is 2. The number of halogens is 1. The summed E-state index contributed by atoms with van der Waals surface area (Å²) in [5.74, 6) is 0.00995. The zero-order chi connectivity index (χ0) is 14.3. The molecule has 2 aliphatic rings. The van der Waals surface area contributed by atoms with Crippen molar-refractivity contribution < 1.29 is 4.79 Å². The molecule has 1 fully saturated rings. The summed E-state index contributed by atoms with van der Waals surface area (Å²) < 4.78 is 0. The molecule has 1 aromatic rings. The van der Waals surface area contributed by atoms with Gasteiger partial charge in [-0.05, 0) is 37.9 Å². The minimum atomic E-state index is -0.275. The number of fused-ring (bicyclic) bond motifs is 1. The number of benzene rings is 1. The van der Waals surface area contributed by atoms with E-state index >= 15 is 0 Å². The Morgan fingerprint density at radius 1 is 1.45 bits per heavy atom. The van der Waals surface area contributed by atoms with Gasteiger partial charge in [0.2, 0.25) is 5.91 Å². The highest BCUT2D eigenvalue weighted by Crippen LogP contribution is 2.41. The molecule has 1 heterocycles. The zero-order valence-corrected chi connectivity index (χ0v) is 12.6. The molecule has 1 saturated carbocycles. The number of rotatable bonds is 5. The molecule has 1 unspecified atom stereocenters. The van der Waals surface area contributed by atoms with Gasteiger partial charge in [0.05, 0.1) is 10.7 Å². The number of anilines is 2. The standard InChI is InChI=1S/C15H20ClN3O/c1-3-6-17-14-10-7-11(16)13(19(2)9-4-5-9)8-12(10)18-15(14)20/h7-9,14,17H,3-6H2,1-2H3,(H,18,20). The van der Waals surface area contributed by atoms with E-state index < -0.39 is 0 Å². The summed E-state index contributed by atoms with van der Waals surface area (Å²) in [6.45, 7) is 2.90. The zero-order valence-electron chi connectivity index (χ0n) is 11.9. The van der Waals surface area contributed by atoms with Gasteiger partial charge in [0.15, 0.2) is 0 Å². The summed E-state index contributed by atoms with van der Waals surface area (Å²) in [4.78, 5) is 14.3. The van der Waals surface area contributed by atoms with Gasteiger partial charge >= 0.3 is 0 Å². The molecule has 1 aliphatic carbocycles. The van der Waals surface area contributed by atoms with E-state index in [2.05, 4.69) is 29.5 Å². The summed E-state index contributed by atoms with van der Waals surface area (Å²) in [5, 5.41) is 6.94. The van der Waals surface area contributed by atoms with Crippen molar-refractivity contribution in [2.24, 2.45) is 0 Å². The highest BCUT2D eigenvalue weighted by atomic mass is 35.5. The molecule has 108 valence electrons. The number of hydrogen-bond donors (Lipinski definition) is 2. The lowest BCUT2D eigenvalue weighted by molar-refractivity contribution is -0.117. The first-order valence-electron chi connectivity index (χ1n) is 7.22. The molecular weight excluding hydrogens is 274 g/mol. The lowest BCUT2D eigenvalue weighted by Gasteiger charge is -2.21. The van der Waals surface area contributed by atoms with Crippen molar-refractivity contribution in [3.05, 3.63) is 22.7 Å². The minimum Gasteiger partial charge on any atom is -0.370 e. The fourth-order valence-electron chi connectivity index (χ4n) is 2.69. The molecule has 2 N–H and O–H groups in total. The number of carbonyl (C=O) groups is 1. The second kappa shape index (κ2) is 5.26. The predicted molar refractivity (Wildman–Crippen MR) is 82.5 cm³/mol. The van der Waals surface area contributed by atoms with Crippen LogP contribution in [0.2, 0.25) is 5.02 Å². The first-order valence-corrected chi connectivity index (χ1v) is 7.60. The van der Waals surface area contributed by atoms with Crippen molar-refractivity contribution >= 4 is 28.9 Å². The van der Waals surface area contributed by atoms with Crippen LogP contribution in [0, 0.1) is 0 Å². The summed E-state index contributed by atoms with van der Waals surface area (Å²) in [5.41, 5.74) is 2.85. The smallest absolute Gasteiger partial charge is 0.246 e. The lowest BCUT2D eigenvalue weighted by Crippen LogP contribution is -2.28. The third-order valence-corrected chi connectivity index (χ3v) is 4.33. The van der Waals surface area contributed by atoms with E-state index in [9.17, 15) is 4.79 Å². The largest absolute Gasteiger partial charge is 0.370 e. The van der Waals surface area contributed by atoms with Gasteiger partial charge in [0.1, 0.15) is 6.04 Å². The second-order valence-corrected chi connectivity index (χ2v) is 6.02. The van der Waals surface area contributed by atoms with Crippen molar-refractivity contribution in [2.75, 3.05) is 23.8 Å². The topological polar surface area (TPSA) is 44.4 Å². The molecule has 0 spiro atoms. The number of nitrogens with zero attached hydrogens (tertiary/aromatic N) is 1. The van der Waals surface area contributed by atoms with Crippen LogP contribution in [-0.2, 0) is 4.79 Å². The third-order valence-electron chi connectivity index (χ3n) is 4.02. The number of carbonyl (C=O) groups excluding carboxylic acids is 1. The van der Waals surface area contributed by atoms with Gasteiger partial charge in [-0.25, -0.2) is 0 Å². The molecule has 1 amide bonds. The molecular formula is C15H20ClN3O. The van der Waals surface area contributed by atoms with E-state index in [0.717, 1.165) is 34.9 Å². The van der Waals surface area contributed by atoms with Crippen LogP contribution in [0.5, 0.6) is 0 Å². The summed E-state index contributed by atoms with van der Waals surface area (Å²) in [7, 11) is 2.06. The van der Waals surface area contributed by atoms with Crippen LogP contribution in [-0.4, -0.2) is 25.5 Å². The summed E-state index contributed by atoms with van der Waals surface area (Å²) in [6.07, 6.45) is 3.43. The van der Waals surface area contributed by atoms with Crippen LogP contribution in [0.15, 0.2) is 12.1 Å².